The molecule has 0 aliphatic carbocycles. The molecule has 4 nitrogen and oxygen atoms in total. The summed E-state index contributed by atoms with van der Waals surface area (Å²) in [7, 11) is 0. The fourth-order valence-corrected chi connectivity index (χ4v) is 1.87. The SMILES string of the molecule is Cc1cc(-c2nc(C)c(C)c(=O)[nH]2)cc(C)c1O. The molecule has 94 valence electrons. The maximum Gasteiger partial charge on any atom is 0.254 e. The first-order valence-corrected chi connectivity index (χ1v) is 5.78. The molecule has 0 atom stereocenters. The third-order valence-electron chi connectivity index (χ3n) is 3.16. The van der Waals surface area contributed by atoms with Crippen LogP contribution >= 0.6 is 0 Å². The standard InChI is InChI=1S/C14H16N2O2/c1-7-5-11(6-8(2)12(7)17)13-15-10(4)9(3)14(18)16-13/h5-6,17H,1-4H3,(H,15,16,18). The molecule has 0 aliphatic heterocycles. The van der Waals surface area contributed by atoms with E-state index in [1.165, 1.54) is 0 Å². The van der Waals surface area contributed by atoms with E-state index in [-0.39, 0.29) is 11.3 Å². The molecule has 2 rings (SSSR count). The lowest BCUT2D eigenvalue weighted by Crippen LogP contribution is -2.14. The average Bonchev–Trinajstić information content (AvgIpc) is 2.31. The van der Waals surface area contributed by atoms with Crippen LogP contribution in [0.1, 0.15) is 22.4 Å². The van der Waals surface area contributed by atoms with Crippen LogP contribution in [0.3, 0.4) is 0 Å². The predicted molar refractivity (Wildman–Crippen MR) is 70.9 cm³/mol. The van der Waals surface area contributed by atoms with E-state index in [2.05, 4.69) is 9.97 Å². The quantitative estimate of drug-likeness (QED) is 0.809. The summed E-state index contributed by atoms with van der Waals surface area (Å²) in [4.78, 5) is 18.9. The molecular formula is C14H16N2O2. The summed E-state index contributed by atoms with van der Waals surface area (Å²) in [6.45, 7) is 7.21. The number of hydrogen-bond donors (Lipinski definition) is 2. The van der Waals surface area contributed by atoms with Gasteiger partial charge in [0.1, 0.15) is 11.6 Å². The monoisotopic (exact) mass is 244 g/mol. The van der Waals surface area contributed by atoms with Crippen molar-refractivity contribution < 1.29 is 5.11 Å². The summed E-state index contributed by atoms with van der Waals surface area (Å²) >= 11 is 0. The molecule has 2 aromatic rings. The Morgan fingerprint density at radius 3 is 2.17 bits per heavy atom. The number of nitrogens with zero attached hydrogens (tertiary/aromatic N) is 1. The Morgan fingerprint density at radius 1 is 1.11 bits per heavy atom. The molecule has 0 unspecified atom stereocenters. The second-order valence-corrected chi connectivity index (χ2v) is 4.58. The summed E-state index contributed by atoms with van der Waals surface area (Å²) in [6.07, 6.45) is 0. The largest absolute Gasteiger partial charge is 0.507 e. The number of aromatic amines is 1. The molecule has 4 heteroatoms. The average molecular weight is 244 g/mol. The van der Waals surface area contributed by atoms with Gasteiger partial charge in [-0.1, -0.05) is 0 Å². The van der Waals surface area contributed by atoms with Gasteiger partial charge in [0.2, 0.25) is 0 Å². The summed E-state index contributed by atoms with van der Waals surface area (Å²) in [5.74, 6) is 0.819. The lowest BCUT2D eigenvalue weighted by atomic mass is 10.1. The number of aromatic hydroxyl groups is 1. The summed E-state index contributed by atoms with van der Waals surface area (Å²) in [5.41, 5.74) is 3.57. The van der Waals surface area contributed by atoms with E-state index in [4.69, 9.17) is 0 Å². The zero-order valence-corrected chi connectivity index (χ0v) is 11.0. The lowest BCUT2D eigenvalue weighted by molar-refractivity contribution is 0.467. The zero-order valence-electron chi connectivity index (χ0n) is 11.0. The molecule has 1 aromatic heterocycles. The number of benzene rings is 1. The van der Waals surface area contributed by atoms with Crippen molar-refractivity contribution >= 4 is 0 Å². The smallest absolute Gasteiger partial charge is 0.254 e. The lowest BCUT2D eigenvalue weighted by Gasteiger charge is -2.08. The summed E-state index contributed by atoms with van der Waals surface area (Å²) in [6, 6.07) is 3.63. The minimum Gasteiger partial charge on any atom is -0.507 e. The van der Waals surface area contributed by atoms with Gasteiger partial charge in [0.05, 0.1) is 0 Å². The van der Waals surface area contributed by atoms with Gasteiger partial charge in [-0.2, -0.15) is 0 Å². The number of nitrogens with one attached hydrogen (secondary N) is 1. The minimum absolute atomic E-state index is 0.124. The van der Waals surface area contributed by atoms with E-state index < -0.39 is 0 Å². The molecule has 0 amide bonds. The van der Waals surface area contributed by atoms with Gasteiger partial charge in [-0.3, -0.25) is 4.79 Å². The van der Waals surface area contributed by atoms with Crippen LogP contribution in [0.25, 0.3) is 11.4 Å². The Morgan fingerprint density at radius 2 is 1.67 bits per heavy atom. The third-order valence-corrected chi connectivity index (χ3v) is 3.16. The number of phenolic OH excluding ortho intramolecular Hbond substituents is 1. The van der Waals surface area contributed by atoms with Gasteiger partial charge in [-0.25, -0.2) is 4.98 Å². The van der Waals surface area contributed by atoms with Crippen molar-refractivity contribution in [2.45, 2.75) is 27.7 Å². The zero-order chi connectivity index (χ0) is 13.4. The molecule has 0 spiro atoms. The number of rotatable bonds is 1. The maximum atomic E-state index is 11.7. The van der Waals surface area contributed by atoms with Crippen LogP contribution in [0, 0.1) is 27.7 Å². The molecular weight excluding hydrogens is 228 g/mol. The van der Waals surface area contributed by atoms with Crippen LogP contribution in [0.15, 0.2) is 16.9 Å². The van der Waals surface area contributed by atoms with E-state index in [1.807, 2.05) is 32.9 Å². The Bertz CT molecular complexity index is 649. The summed E-state index contributed by atoms with van der Waals surface area (Å²) < 4.78 is 0. The van der Waals surface area contributed by atoms with Crippen molar-refractivity contribution in [3.63, 3.8) is 0 Å². The first-order chi connectivity index (χ1) is 8.40. The number of aromatic nitrogens is 2. The van der Waals surface area contributed by atoms with Crippen LogP contribution < -0.4 is 5.56 Å². The van der Waals surface area contributed by atoms with E-state index in [1.54, 1.807) is 6.92 Å². The van der Waals surface area contributed by atoms with Gasteiger partial charge in [-0.15, -0.1) is 0 Å². The highest BCUT2D eigenvalue weighted by atomic mass is 16.3. The van der Waals surface area contributed by atoms with Gasteiger partial charge < -0.3 is 10.1 Å². The fraction of sp³-hybridized carbons (Fsp3) is 0.286. The second-order valence-electron chi connectivity index (χ2n) is 4.58. The molecule has 18 heavy (non-hydrogen) atoms. The Balaban J connectivity index is 2.66. The number of hydrogen-bond acceptors (Lipinski definition) is 3. The first-order valence-electron chi connectivity index (χ1n) is 5.78. The van der Waals surface area contributed by atoms with Crippen LogP contribution in [-0.4, -0.2) is 15.1 Å². The normalized spacial score (nSPS) is 10.7. The number of H-pyrrole nitrogens is 1. The van der Waals surface area contributed by atoms with E-state index in [0.717, 1.165) is 22.4 Å². The molecule has 0 aliphatic rings. The highest BCUT2D eigenvalue weighted by Gasteiger charge is 2.09. The molecule has 0 bridgehead atoms. The molecule has 0 saturated carbocycles. The number of aryl methyl sites for hydroxylation is 3. The van der Waals surface area contributed by atoms with Gasteiger partial charge >= 0.3 is 0 Å². The molecule has 0 saturated heterocycles. The fourth-order valence-electron chi connectivity index (χ4n) is 1.87. The second kappa shape index (κ2) is 4.29. The molecule has 1 aromatic carbocycles. The third kappa shape index (κ3) is 2.01. The van der Waals surface area contributed by atoms with Crippen molar-refractivity contribution in [2.75, 3.05) is 0 Å². The topological polar surface area (TPSA) is 66.0 Å². The van der Waals surface area contributed by atoms with Gasteiger partial charge in [0.15, 0.2) is 0 Å². The van der Waals surface area contributed by atoms with Gasteiger partial charge in [0, 0.05) is 16.8 Å². The molecule has 0 radical (unpaired) electrons. The number of phenols is 1. The van der Waals surface area contributed by atoms with Gasteiger partial charge in [-0.05, 0) is 51.0 Å². The Hall–Kier alpha value is -2.10. The van der Waals surface area contributed by atoms with Crippen LogP contribution in [0.4, 0.5) is 0 Å². The minimum atomic E-state index is -0.124. The Labute approximate surface area is 105 Å². The van der Waals surface area contributed by atoms with Crippen LogP contribution in [0.5, 0.6) is 5.75 Å². The predicted octanol–water partition coefficient (Wildman–Crippen LogP) is 2.38. The molecule has 0 fully saturated rings. The van der Waals surface area contributed by atoms with Crippen molar-refractivity contribution in [3.05, 3.63) is 44.9 Å². The maximum absolute atomic E-state index is 11.7. The van der Waals surface area contributed by atoms with E-state index in [9.17, 15) is 9.90 Å². The van der Waals surface area contributed by atoms with Gasteiger partial charge in [0.25, 0.3) is 5.56 Å². The van der Waals surface area contributed by atoms with E-state index in [0.29, 0.717) is 11.4 Å². The molecule has 2 N–H and O–H groups in total. The van der Waals surface area contributed by atoms with Crippen molar-refractivity contribution in [1.29, 1.82) is 0 Å². The van der Waals surface area contributed by atoms with Crippen LogP contribution in [0.2, 0.25) is 0 Å². The molecule has 1 heterocycles. The Kier molecular flexibility index (Phi) is 2.95. The summed E-state index contributed by atoms with van der Waals surface area (Å²) in [5, 5.41) is 9.74. The highest BCUT2D eigenvalue weighted by molar-refractivity contribution is 5.61. The van der Waals surface area contributed by atoms with Crippen molar-refractivity contribution in [1.82, 2.24) is 9.97 Å². The van der Waals surface area contributed by atoms with Crippen LogP contribution in [-0.2, 0) is 0 Å². The van der Waals surface area contributed by atoms with Crippen molar-refractivity contribution in [3.8, 4) is 17.1 Å². The first kappa shape index (κ1) is 12.4. The van der Waals surface area contributed by atoms with E-state index >= 15 is 0 Å². The highest BCUT2D eigenvalue weighted by Crippen LogP contribution is 2.27. The van der Waals surface area contributed by atoms with Crippen molar-refractivity contribution in [2.24, 2.45) is 0 Å².